The van der Waals surface area contributed by atoms with Gasteiger partial charge in [-0.25, -0.2) is 0 Å². The van der Waals surface area contributed by atoms with Crippen molar-refractivity contribution in [3.8, 4) is 0 Å². The number of β-amino-alcohol motifs (C(OH)–C–C–N with tert-alkyl or cyclic N) is 1. The van der Waals surface area contributed by atoms with Crippen LogP contribution in [0.4, 0.5) is 0 Å². The van der Waals surface area contributed by atoms with Crippen molar-refractivity contribution < 1.29 is 9.90 Å². The number of aliphatic hydroxyl groups excluding tert-OH is 1. The van der Waals surface area contributed by atoms with E-state index in [9.17, 15) is 9.90 Å². The standard InChI is InChI=1S/C26H40N2O2/c1-2-12-25-13-6-14-26(19-25,21-7-4-3-5-8-21)17-20(16-25)9-10-24(30)28-22-11-15-27-18-23(22)29/h3-5,7-8,20,22-23,27,29H,2,6,9-19H2,1H3,(H,28,30)/t20?,22-,23-,25-,26-/m1/s1. The van der Waals surface area contributed by atoms with Crippen LogP contribution in [0.1, 0.15) is 83.1 Å². The number of amides is 1. The van der Waals surface area contributed by atoms with Crippen LogP contribution in [-0.2, 0) is 10.2 Å². The van der Waals surface area contributed by atoms with Crippen molar-refractivity contribution in [2.45, 2.75) is 95.1 Å². The number of hydrogen-bond donors (Lipinski definition) is 3. The SMILES string of the molecule is CCC[C@@]12CCC[C@@](c3ccccc3)(CC(CCC(=O)N[C@@H]3CCNC[C@H]3O)C1)C2. The third kappa shape index (κ3) is 4.75. The van der Waals surface area contributed by atoms with E-state index >= 15 is 0 Å². The Morgan fingerprint density at radius 1 is 1.23 bits per heavy atom. The van der Waals surface area contributed by atoms with Gasteiger partial charge in [-0.15, -0.1) is 0 Å². The molecule has 0 aromatic heterocycles. The molecule has 1 aromatic carbocycles. The summed E-state index contributed by atoms with van der Waals surface area (Å²) < 4.78 is 0. The molecule has 1 saturated heterocycles. The molecule has 1 amide bonds. The highest BCUT2D eigenvalue weighted by Gasteiger charge is 2.50. The third-order valence-corrected chi connectivity index (χ3v) is 8.22. The quantitative estimate of drug-likeness (QED) is 0.625. The molecular formula is C26H40N2O2. The van der Waals surface area contributed by atoms with Crippen LogP contribution >= 0.6 is 0 Å². The number of aliphatic hydroxyl groups is 1. The summed E-state index contributed by atoms with van der Waals surface area (Å²) in [5, 5.41) is 16.4. The largest absolute Gasteiger partial charge is 0.390 e. The molecule has 1 unspecified atom stereocenters. The van der Waals surface area contributed by atoms with Gasteiger partial charge in [-0.2, -0.15) is 0 Å². The monoisotopic (exact) mass is 412 g/mol. The van der Waals surface area contributed by atoms with Crippen LogP contribution < -0.4 is 10.6 Å². The van der Waals surface area contributed by atoms with Gasteiger partial charge in [0.25, 0.3) is 0 Å². The average Bonchev–Trinajstić information content (AvgIpc) is 2.74. The zero-order chi connectivity index (χ0) is 21.0. The highest BCUT2D eigenvalue weighted by atomic mass is 16.3. The van der Waals surface area contributed by atoms with Gasteiger partial charge in [0.1, 0.15) is 0 Å². The smallest absolute Gasteiger partial charge is 0.220 e. The van der Waals surface area contributed by atoms with E-state index in [1.807, 2.05) is 0 Å². The van der Waals surface area contributed by atoms with Crippen molar-refractivity contribution in [3.63, 3.8) is 0 Å². The van der Waals surface area contributed by atoms with Crippen LogP contribution in [0.5, 0.6) is 0 Å². The fraction of sp³-hybridized carbons (Fsp3) is 0.731. The molecule has 30 heavy (non-hydrogen) atoms. The van der Waals surface area contributed by atoms with E-state index < -0.39 is 6.10 Å². The second kappa shape index (κ2) is 9.40. The summed E-state index contributed by atoms with van der Waals surface area (Å²) in [4.78, 5) is 12.7. The molecule has 1 heterocycles. The molecule has 3 aliphatic rings. The van der Waals surface area contributed by atoms with Gasteiger partial charge in [0.15, 0.2) is 0 Å². The minimum absolute atomic E-state index is 0.0911. The number of benzene rings is 1. The molecule has 1 aromatic rings. The van der Waals surface area contributed by atoms with E-state index in [4.69, 9.17) is 0 Å². The van der Waals surface area contributed by atoms with Gasteiger partial charge in [-0.3, -0.25) is 4.79 Å². The Kier molecular flexibility index (Phi) is 6.84. The maximum atomic E-state index is 12.7. The van der Waals surface area contributed by atoms with Crippen molar-refractivity contribution in [3.05, 3.63) is 35.9 Å². The predicted octanol–water partition coefficient (Wildman–Crippen LogP) is 4.31. The normalized spacial score (nSPS) is 36.3. The molecule has 3 N–H and O–H groups in total. The van der Waals surface area contributed by atoms with E-state index in [0.29, 0.717) is 29.7 Å². The molecule has 4 heteroatoms. The average molecular weight is 413 g/mol. The molecule has 0 radical (unpaired) electrons. The highest BCUT2D eigenvalue weighted by molar-refractivity contribution is 5.76. The Morgan fingerprint density at radius 2 is 2.07 bits per heavy atom. The molecule has 1 aliphatic heterocycles. The zero-order valence-corrected chi connectivity index (χ0v) is 18.7. The summed E-state index contributed by atoms with van der Waals surface area (Å²) in [6.45, 7) is 3.77. The van der Waals surface area contributed by atoms with Gasteiger partial charge in [0.2, 0.25) is 5.91 Å². The van der Waals surface area contributed by atoms with Gasteiger partial charge >= 0.3 is 0 Å². The molecule has 0 spiro atoms. The Bertz CT molecular complexity index is 704. The van der Waals surface area contributed by atoms with Crippen molar-refractivity contribution in [1.82, 2.24) is 10.6 Å². The lowest BCUT2D eigenvalue weighted by atomic mass is 9.49. The van der Waals surface area contributed by atoms with Gasteiger partial charge < -0.3 is 15.7 Å². The molecule has 166 valence electrons. The number of piperidine rings is 1. The minimum Gasteiger partial charge on any atom is -0.390 e. The Hall–Kier alpha value is -1.39. The van der Waals surface area contributed by atoms with Crippen molar-refractivity contribution >= 4 is 5.91 Å². The first kappa shape index (κ1) is 21.8. The lowest BCUT2D eigenvalue weighted by molar-refractivity contribution is -0.123. The van der Waals surface area contributed by atoms with Gasteiger partial charge in [-0.05, 0) is 80.2 Å². The first-order valence-electron chi connectivity index (χ1n) is 12.3. The summed E-state index contributed by atoms with van der Waals surface area (Å²) in [7, 11) is 0. The molecule has 3 fully saturated rings. The molecule has 4 nitrogen and oxygen atoms in total. The summed E-state index contributed by atoms with van der Waals surface area (Å²) >= 11 is 0. The maximum absolute atomic E-state index is 12.7. The lowest BCUT2D eigenvalue weighted by Gasteiger charge is -2.56. The predicted molar refractivity (Wildman–Crippen MR) is 121 cm³/mol. The fourth-order valence-corrected chi connectivity index (χ4v) is 7.11. The van der Waals surface area contributed by atoms with Gasteiger partial charge in [-0.1, -0.05) is 50.1 Å². The van der Waals surface area contributed by atoms with Crippen LogP contribution in [0, 0.1) is 11.3 Å². The van der Waals surface area contributed by atoms with Crippen LogP contribution in [0.3, 0.4) is 0 Å². The Labute approximate surface area is 182 Å². The first-order chi connectivity index (χ1) is 14.5. The van der Waals surface area contributed by atoms with Crippen LogP contribution in [0.25, 0.3) is 0 Å². The summed E-state index contributed by atoms with van der Waals surface area (Å²) in [5.41, 5.74) is 2.30. The van der Waals surface area contributed by atoms with E-state index in [0.717, 1.165) is 19.4 Å². The number of rotatable bonds is 7. The van der Waals surface area contributed by atoms with Crippen LogP contribution in [0.2, 0.25) is 0 Å². The first-order valence-corrected chi connectivity index (χ1v) is 12.3. The van der Waals surface area contributed by atoms with Crippen molar-refractivity contribution in [2.24, 2.45) is 11.3 Å². The molecule has 2 saturated carbocycles. The molecular weight excluding hydrogens is 372 g/mol. The maximum Gasteiger partial charge on any atom is 0.220 e. The van der Waals surface area contributed by atoms with Crippen LogP contribution in [-0.4, -0.2) is 36.2 Å². The third-order valence-electron chi connectivity index (χ3n) is 8.22. The number of carbonyl (C=O) groups is 1. The van der Waals surface area contributed by atoms with Gasteiger partial charge in [0.05, 0.1) is 12.1 Å². The molecule has 4 rings (SSSR count). The van der Waals surface area contributed by atoms with E-state index in [1.54, 1.807) is 0 Å². The zero-order valence-electron chi connectivity index (χ0n) is 18.7. The number of hydrogen-bond acceptors (Lipinski definition) is 3. The lowest BCUT2D eigenvalue weighted by Crippen LogP contribution is -2.52. The molecule has 2 aliphatic carbocycles. The van der Waals surface area contributed by atoms with Crippen LogP contribution in [0.15, 0.2) is 30.3 Å². The molecule has 2 bridgehead atoms. The summed E-state index contributed by atoms with van der Waals surface area (Å²) in [6.07, 6.45) is 12.4. The van der Waals surface area contributed by atoms with E-state index in [1.165, 1.54) is 56.9 Å². The van der Waals surface area contributed by atoms with Crippen molar-refractivity contribution in [1.29, 1.82) is 0 Å². The number of nitrogens with one attached hydrogen (secondary N) is 2. The minimum atomic E-state index is -0.467. The number of fused-ring (bicyclic) bond motifs is 2. The Balaban J connectivity index is 1.43. The topological polar surface area (TPSA) is 61.4 Å². The van der Waals surface area contributed by atoms with Crippen molar-refractivity contribution in [2.75, 3.05) is 13.1 Å². The summed E-state index contributed by atoms with van der Waals surface area (Å²) in [6, 6.07) is 11.1. The Morgan fingerprint density at radius 3 is 2.83 bits per heavy atom. The fourth-order valence-electron chi connectivity index (χ4n) is 7.11. The van der Waals surface area contributed by atoms with Gasteiger partial charge in [0, 0.05) is 13.0 Å². The molecule has 5 atom stereocenters. The van der Waals surface area contributed by atoms with E-state index in [-0.39, 0.29) is 11.9 Å². The summed E-state index contributed by atoms with van der Waals surface area (Å²) in [5.74, 6) is 0.740. The number of carbonyl (C=O) groups excluding carboxylic acids is 1. The second-order valence-corrected chi connectivity index (χ2v) is 10.5. The van der Waals surface area contributed by atoms with E-state index in [2.05, 4.69) is 47.9 Å². The highest BCUT2D eigenvalue weighted by Crippen LogP contribution is 2.60. The second-order valence-electron chi connectivity index (χ2n) is 10.5.